The lowest BCUT2D eigenvalue weighted by Gasteiger charge is -2.12. The summed E-state index contributed by atoms with van der Waals surface area (Å²) in [4.78, 5) is 24.2. The highest BCUT2D eigenvalue weighted by Crippen LogP contribution is 2.30. The van der Waals surface area contributed by atoms with Crippen LogP contribution in [0.25, 0.3) is 32.8 Å². The average molecular weight is 379 g/mol. The van der Waals surface area contributed by atoms with Gasteiger partial charge in [-0.05, 0) is 38.4 Å². The normalized spacial score (nSPS) is 11.6. The van der Waals surface area contributed by atoms with E-state index in [9.17, 15) is 4.79 Å². The largest absolute Gasteiger partial charge is 0.351 e. The van der Waals surface area contributed by atoms with E-state index in [1.54, 1.807) is 6.07 Å². The van der Waals surface area contributed by atoms with Crippen molar-refractivity contribution >= 4 is 50.3 Å². The van der Waals surface area contributed by atoms with Gasteiger partial charge in [0.2, 0.25) is 0 Å². The second-order valence-electron chi connectivity index (χ2n) is 6.72. The summed E-state index contributed by atoms with van der Waals surface area (Å²) in [5.74, 6) is -0.144. The summed E-state index contributed by atoms with van der Waals surface area (Å²) in [5.41, 5.74) is 3.35. The van der Waals surface area contributed by atoms with Crippen molar-refractivity contribution < 1.29 is 4.79 Å². The fourth-order valence-corrected chi connectivity index (χ4v) is 3.39. The molecule has 0 unspecified atom stereocenters. The molecule has 27 heavy (non-hydrogen) atoms. The van der Waals surface area contributed by atoms with Gasteiger partial charge < -0.3 is 10.2 Å². The highest BCUT2D eigenvalue weighted by molar-refractivity contribution is 6.36. The molecule has 136 valence electrons. The molecule has 5 nitrogen and oxygen atoms in total. The van der Waals surface area contributed by atoms with Crippen molar-refractivity contribution in [1.29, 1.82) is 0 Å². The summed E-state index contributed by atoms with van der Waals surface area (Å²) in [6, 6.07) is 15.1. The molecule has 1 heterocycles. The number of hydrogen-bond acceptors (Lipinski definition) is 4. The van der Waals surface area contributed by atoms with E-state index in [4.69, 9.17) is 21.6 Å². The Kier molecular flexibility index (Phi) is 4.64. The van der Waals surface area contributed by atoms with Crippen molar-refractivity contribution in [1.82, 2.24) is 20.2 Å². The molecule has 0 aliphatic heterocycles. The molecule has 3 aromatic carbocycles. The monoisotopic (exact) mass is 378 g/mol. The first-order chi connectivity index (χ1) is 13.0. The van der Waals surface area contributed by atoms with Gasteiger partial charge in [0.25, 0.3) is 5.91 Å². The minimum atomic E-state index is -0.144. The topological polar surface area (TPSA) is 58.1 Å². The van der Waals surface area contributed by atoms with Gasteiger partial charge in [-0.25, -0.2) is 9.97 Å². The number of likely N-dealkylation sites (N-methyl/N-ethyl adjacent to an activating group) is 1. The first-order valence-corrected chi connectivity index (χ1v) is 9.13. The predicted octanol–water partition coefficient (Wildman–Crippen LogP) is 3.88. The number of aromatic nitrogens is 2. The molecule has 6 heteroatoms. The summed E-state index contributed by atoms with van der Waals surface area (Å²) in [5, 5.41) is 5.47. The minimum Gasteiger partial charge on any atom is -0.351 e. The Labute approximate surface area is 162 Å². The molecule has 0 atom stereocenters. The van der Waals surface area contributed by atoms with Crippen LogP contribution in [0.2, 0.25) is 5.02 Å². The van der Waals surface area contributed by atoms with Crippen LogP contribution in [0, 0.1) is 0 Å². The number of benzene rings is 3. The summed E-state index contributed by atoms with van der Waals surface area (Å²) in [7, 11) is 3.94. The molecule has 4 rings (SSSR count). The van der Waals surface area contributed by atoms with Gasteiger partial charge in [-0.15, -0.1) is 0 Å². The number of hydrogen-bond donors (Lipinski definition) is 1. The molecule has 1 N–H and O–H groups in total. The number of carbonyl (C=O) groups is 1. The molecule has 0 spiro atoms. The van der Waals surface area contributed by atoms with Crippen LogP contribution in [0.5, 0.6) is 0 Å². The Morgan fingerprint density at radius 2 is 1.74 bits per heavy atom. The minimum absolute atomic E-state index is 0.144. The Bertz CT molecular complexity index is 1170. The van der Waals surface area contributed by atoms with Crippen LogP contribution in [-0.2, 0) is 0 Å². The molecule has 0 saturated heterocycles. The molecule has 1 amide bonds. The van der Waals surface area contributed by atoms with Crippen LogP contribution in [0.3, 0.4) is 0 Å². The SMILES string of the molecule is CN(C)CCNC(=O)c1cccc2nc3ccc4c(Cl)cccc4c3nc12. The predicted molar refractivity (Wildman–Crippen MR) is 110 cm³/mol. The van der Waals surface area contributed by atoms with Crippen LogP contribution >= 0.6 is 11.6 Å². The average Bonchev–Trinajstić information content (AvgIpc) is 2.65. The van der Waals surface area contributed by atoms with E-state index in [1.165, 1.54) is 0 Å². The van der Waals surface area contributed by atoms with Gasteiger partial charge in [-0.3, -0.25) is 4.79 Å². The van der Waals surface area contributed by atoms with Crippen molar-refractivity contribution in [3.8, 4) is 0 Å². The third-order valence-electron chi connectivity index (χ3n) is 4.53. The Hall–Kier alpha value is -2.76. The molecule has 0 aliphatic carbocycles. The smallest absolute Gasteiger partial charge is 0.253 e. The van der Waals surface area contributed by atoms with Gasteiger partial charge in [0.05, 0.1) is 22.1 Å². The molecule has 1 aromatic heterocycles. The van der Waals surface area contributed by atoms with Crippen LogP contribution < -0.4 is 5.32 Å². The number of nitrogens with zero attached hydrogens (tertiary/aromatic N) is 3. The molecule has 0 aliphatic rings. The molecule has 0 bridgehead atoms. The van der Waals surface area contributed by atoms with E-state index in [0.717, 1.165) is 28.4 Å². The number of rotatable bonds is 4. The zero-order chi connectivity index (χ0) is 19.0. The van der Waals surface area contributed by atoms with Gasteiger partial charge in [0.1, 0.15) is 5.52 Å². The highest BCUT2D eigenvalue weighted by Gasteiger charge is 2.14. The van der Waals surface area contributed by atoms with Gasteiger partial charge >= 0.3 is 0 Å². The third kappa shape index (κ3) is 3.31. The maximum absolute atomic E-state index is 12.7. The van der Waals surface area contributed by atoms with Crippen LogP contribution in [-0.4, -0.2) is 48.0 Å². The van der Waals surface area contributed by atoms with Crippen LogP contribution in [0.4, 0.5) is 0 Å². The van der Waals surface area contributed by atoms with E-state index in [2.05, 4.69) is 5.32 Å². The molecule has 0 radical (unpaired) electrons. The number of fused-ring (bicyclic) bond motifs is 4. The summed E-state index contributed by atoms with van der Waals surface area (Å²) < 4.78 is 0. The summed E-state index contributed by atoms with van der Waals surface area (Å²) >= 11 is 6.32. The first kappa shape index (κ1) is 17.6. The fourth-order valence-electron chi connectivity index (χ4n) is 3.15. The Morgan fingerprint density at radius 1 is 0.963 bits per heavy atom. The molecule has 0 saturated carbocycles. The maximum Gasteiger partial charge on any atom is 0.253 e. The second-order valence-corrected chi connectivity index (χ2v) is 7.13. The van der Waals surface area contributed by atoms with Crippen molar-refractivity contribution in [2.75, 3.05) is 27.2 Å². The third-order valence-corrected chi connectivity index (χ3v) is 4.86. The van der Waals surface area contributed by atoms with E-state index in [0.29, 0.717) is 28.2 Å². The van der Waals surface area contributed by atoms with Crippen molar-refractivity contribution in [2.45, 2.75) is 0 Å². The van der Waals surface area contributed by atoms with Gasteiger partial charge in [0.15, 0.2) is 0 Å². The summed E-state index contributed by atoms with van der Waals surface area (Å²) in [6.07, 6.45) is 0. The molecule has 0 fully saturated rings. The second kappa shape index (κ2) is 7.10. The number of amides is 1. The number of para-hydroxylation sites is 1. The van der Waals surface area contributed by atoms with Crippen molar-refractivity contribution in [3.63, 3.8) is 0 Å². The molecular weight excluding hydrogens is 360 g/mol. The van der Waals surface area contributed by atoms with E-state index >= 15 is 0 Å². The van der Waals surface area contributed by atoms with Crippen LogP contribution in [0.15, 0.2) is 48.5 Å². The fraction of sp³-hybridized carbons (Fsp3) is 0.190. The summed E-state index contributed by atoms with van der Waals surface area (Å²) in [6.45, 7) is 1.34. The van der Waals surface area contributed by atoms with Crippen LogP contribution in [0.1, 0.15) is 10.4 Å². The highest BCUT2D eigenvalue weighted by atomic mass is 35.5. The quantitative estimate of drug-likeness (QED) is 0.432. The number of carbonyl (C=O) groups excluding carboxylic acids is 1. The van der Waals surface area contributed by atoms with Gasteiger partial charge in [-0.1, -0.05) is 35.9 Å². The zero-order valence-corrected chi connectivity index (χ0v) is 15.9. The Morgan fingerprint density at radius 3 is 2.56 bits per heavy atom. The lowest BCUT2D eigenvalue weighted by molar-refractivity contribution is 0.0952. The zero-order valence-electron chi connectivity index (χ0n) is 15.2. The van der Waals surface area contributed by atoms with Gasteiger partial charge in [0, 0.05) is 28.9 Å². The number of halogens is 1. The molecule has 4 aromatic rings. The molecular formula is C21H19ClN4O. The van der Waals surface area contributed by atoms with E-state index in [1.807, 2.05) is 61.5 Å². The van der Waals surface area contributed by atoms with E-state index < -0.39 is 0 Å². The lowest BCUT2D eigenvalue weighted by atomic mass is 10.1. The van der Waals surface area contributed by atoms with Crippen molar-refractivity contribution in [3.05, 3.63) is 59.1 Å². The number of nitrogens with one attached hydrogen (secondary N) is 1. The first-order valence-electron chi connectivity index (χ1n) is 8.75. The Balaban J connectivity index is 1.87. The standard InChI is InChI=1S/C21H19ClN4O/c1-26(2)12-11-23-21(27)15-6-4-8-17-20(15)25-19-14-5-3-7-16(22)13(14)9-10-18(19)24-17/h3-10H,11-12H2,1-2H3,(H,23,27). The van der Waals surface area contributed by atoms with Crippen molar-refractivity contribution in [2.24, 2.45) is 0 Å². The lowest BCUT2D eigenvalue weighted by Crippen LogP contribution is -2.31. The maximum atomic E-state index is 12.7. The van der Waals surface area contributed by atoms with Gasteiger partial charge in [-0.2, -0.15) is 0 Å². The van der Waals surface area contributed by atoms with E-state index in [-0.39, 0.29) is 5.91 Å².